The maximum absolute atomic E-state index is 10.9. The summed E-state index contributed by atoms with van der Waals surface area (Å²) in [5.74, 6) is 3.59. The summed E-state index contributed by atoms with van der Waals surface area (Å²) in [7, 11) is 0. The van der Waals surface area contributed by atoms with Crippen molar-refractivity contribution in [2.24, 2.45) is 34.5 Å². The van der Waals surface area contributed by atoms with Crippen molar-refractivity contribution in [3.05, 3.63) is 0 Å². The molecular formula is C23H38O3. The van der Waals surface area contributed by atoms with E-state index in [0.29, 0.717) is 30.1 Å². The molecule has 4 aliphatic carbocycles. The Hall–Kier alpha value is -0.570. The van der Waals surface area contributed by atoms with Crippen molar-refractivity contribution in [1.82, 2.24) is 0 Å². The van der Waals surface area contributed by atoms with Gasteiger partial charge in [0.15, 0.2) is 0 Å². The molecule has 0 amide bonds. The summed E-state index contributed by atoms with van der Waals surface area (Å²) in [6.07, 6.45) is 14.4. The van der Waals surface area contributed by atoms with E-state index in [-0.39, 0.29) is 5.97 Å². The van der Waals surface area contributed by atoms with Crippen molar-refractivity contribution in [3.63, 3.8) is 0 Å². The molecule has 26 heavy (non-hydrogen) atoms. The van der Waals surface area contributed by atoms with Crippen LogP contribution >= 0.6 is 0 Å². The minimum Gasteiger partial charge on any atom is -0.463 e. The van der Waals surface area contributed by atoms with Crippen molar-refractivity contribution in [3.8, 4) is 0 Å². The molecule has 0 saturated heterocycles. The van der Waals surface area contributed by atoms with E-state index in [1.54, 1.807) is 0 Å². The molecule has 0 spiro atoms. The molecule has 7 atom stereocenters. The summed E-state index contributed by atoms with van der Waals surface area (Å²) >= 11 is 0. The summed E-state index contributed by atoms with van der Waals surface area (Å²) in [6.45, 7) is 7.65. The number of esters is 1. The van der Waals surface area contributed by atoms with Crippen molar-refractivity contribution in [2.75, 3.05) is 13.2 Å². The molecule has 0 aromatic rings. The highest BCUT2D eigenvalue weighted by Gasteiger charge is 2.57. The van der Waals surface area contributed by atoms with Crippen LogP contribution in [0.1, 0.15) is 85.0 Å². The molecule has 148 valence electrons. The van der Waals surface area contributed by atoms with Crippen LogP contribution in [0.15, 0.2) is 0 Å². The van der Waals surface area contributed by atoms with Gasteiger partial charge >= 0.3 is 5.97 Å². The molecule has 0 radical (unpaired) electrons. The molecule has 3 heteroatoms. The van der Waals surface area contributed by atoms with Crippen molar-refractivity contribution in [2.45, 2.75) is 91.1 Å². The number of rotatable bonds is 4. The lowest BCUT2D eigenvalue weighted by atomic mass is 9.45. The molecule has 0 unspecified atom stereocenters. The predicted octanol–water partition coefficient (Wildman–Crippen LogP) is 5.37. The second-order valence-electron chi connectivity index (χ2n) is 10.3. The minimum atomic E-state index is -0.209. The smallest absolute Gasteiger partial charge is 0.302 e. The third kappa shape index (κ3) is 3.23. The molecule has 4 rings (SSSR count). The SMILES string of the molecule is CC(=O)OCCO[C@@H]1CC[C@@]2(C)[C@@H](CC[C@H]3[C@H]2CC[C@]2(C)CCC[C@@H]32)C1. The fourth-order valence-corrected chi connectivity index (χ4v) is 7.76. The van der Waals surface area contributed by atoms with E-state index >= 15 is 0 Å². The van der Waals surface area contributed by atoms with E-state index in [1.165, 1.54) is 71.1 Å². The summed E-state index contributed by atoms with van der Waals surface area (Å²) in [5.41, 5.74) is 1.21. The summed E-state index contributed by atoms with van der Waals surface area (Å²) in [4.78, 5) is 10.9. The van der Waals surface area contributed by atoms with Gasteiger partial charge in [-0.3, -0.25) is 4.79 Å². The topological polar surface area (TPSA) is 35.5 Å². The van der Waals surface area contributed by atoms with Crippen LogP contribution in [-0.2, 0) is 14.3 Å². The van der Waals surface area contributed by atoms with Gasteiger partial charge in [-0.1, -0.05) is 20.3 Å². The highest BCUT2D eigenvalue weighted by Crippen LogP contribution is 2.66. The van der Waals surface area contributed by atoms with Gasteiger partial charge in [-0.25, -0.2) is 0 Å². The van der Waals surface area contributed by atoms with Crippen molar-refractivity contribution < 1.29 is 14.3 Å². The summed E-state index contributed by atoms with van der Waals surface area (Å²) in [6, 6.07) is 0. The van der Waals surface area contributed by atoms with Crippen LogP contribution in [0, 0.1) is 34.5 Å². The highest BCUT2D eigenvalue weighted by atomic mass is 16.6. The molecule has 0 N–H and O–H groups in total. The normalized spacial score (nSPS) is 47.6. The lowest BCUT2D eigenvalue weighted by Gasteiger charge is -2.60. The quantitative estimate of drug-likeness (QED) is 0.498. The Morgan fingerprint density at radius 2 is 1.81 bits per heavy atom. The van der Waals surface area contributed by atoms with Crippen LogP contribution in [0.3, 0.4) is 0 Å². The van der Waals surface area contributed by atoms with E-state index < -0.39 is 0 Å². The molecule has 4 aliphatic rings. The third-order valence-electron chi connectivity index (χ3n) is 9.14. The first kappa shape index (κ1) is 18.8. The average Bonchev–Trinajstić information content (AvgIpc) is 3.00. The van der Waals surface area contributed by atoms with Crippen LogP contribution in [0.5, 0.6) is 0 Å². The van der Waals surface area contributed by atoms with Gasteiger partial charge in [0, 0.05) is 6.92 Å². The van der Waals surface area contributed by atoms with E-state index in [0.717, 1.165) is 23.7 Å². The number of hydrogen-bond donors (Lipinski definition) is 0. The van der Waals surface area contributed by atoms with Crippen LogP contribution in [0.4, 0.5) is 0 Å². The van der Waals surface area contributed by atoms with Crippen LogP contribution in [-0.4, -0.2) is 25.3 Å². The molecule has 3 nitrogen and oxygen atoms in total. The van der Waals surface area contributed by atoms with Crippen LogP contribution < -0.4 is 0 Å². The monoisotopic (exact) mass is 362 g/mol. The molecule has 0 aliphatic heterocycles. The van der Waals surface area contributed by atoms with Crippen molar-refractivity contribution in [1.29, 1.82) is 0 Å². The maximum atomic E-state index is 10.9. The Bertz CT molecular complexity index is 532. The van der Waals surface area contributed by atoms with Crippen LogP contribution in [0.25, 0.3) is 0 Å². The number of ether oxygens (including phenoxy) is 2. The largest absolute Gasteiger partial charge is 0.463 e. The van der Waals surface area contributed by atoms with Gasteiger partial charge in [0.05, 0.1) is 12.7 Å². The van der Waals surface area contributed by atoms with Gasteiger partial charge in [0.2, 0.25) is 0 Å². The molecule has 0 aromatic carbocycles. The Labute approximate surface area is 159 Å². The highest BCUT2D eigenvalue weighted by molar-refractivity contribution is 5.65. The van der Waals surface area contributed by atoms with Gasteiger partial charge in [-0.05, 0) is 92.3 Å². The van der Waals surface area contributed by atoms with Gasteiger partial charge in [0.25, 0.3) is 0 Å². The number of fused-ring (bicyclic) bond motifs is 5. The first-order valence-corrected chi connectivity index (χ1v) is 11.2. The van der Waals surface area contributed by atoms with Crippen molar-refractivity contribution >= 4 is 5.97 Å². The lowest BCUT2D eigenvalue weighted by molar-refractivity contribution is -0.147. The van der Waals surface area contributed by atoms with Gasteiger partial charge < -0.3 is 9.47 Å². The summed E-state index contributed by atoms with van der Waals surface area (Å²) in [5, 5.41) is 0. The van der Waals surface area contributed by atoms with E-state index in [1.807, 2.05) is 0 Å². The molecule has 4 fully saturated rings. The second kappa shape index (κ2) is 7.11. The fraction of sp³-hybridized carbons (Fsp3) is 0.957. The molecular weight excluding hydrogens is 324 g/mol. The van der Waals surface area contributed by atoms with E-state index in [9.17, 15) is 4.79 Å². The second-order valence-corrected chi connectivity index (χ2v) is 10.3. The number of carbonyl (C=O) groups is 1. The molecule has 0 aromatic heterocycles. The fourth-order valence-electron chi connectivity index (χ4n) is 7.76. The Morgan fingerprint density at radius 3 is 2.62 bits per heavy atom. The minimum absolute atomic E-state index is 0.209. The zero-order valence-corrected chi connectivity index (χ0v) is 17.1. The Kier molecular flexibility index (Phi) is 5.14. The molecule has 0 bridgehead atoms. The summed E-state index contributed by atoms with van der Waals surface area (Å²) < 4.78 is 11.1. The van der Waals surface area contributed by atoms with Crippen LogP contribution in [0.2, 0.25) is 0 Å². The number of hydrogen-bond acceptors (Lipinski definition) is 3. The average molecular weight is 363 g/mol. The zero-order valence-electron chi connectivity index (χ0n) is 17.1. The molecule has 0 heterocycles. The Balaban J connectivity index is 1.37. The zero-order chi connectivity index (χ0) is 18.4. The number of carbonyl (C=O) groups excluding carboxylic acids is 1. The Morgan fingerprint density at radius 1 is 0.962 bits per heavy atom. The molecule has 4 saturated carbocycles. The van der Waals surface area contributed by atoms with Gasteiger partial charge in [0.1, 0.15) is 6.61 Å². The first-order chi connectivity index (χ1) is 12.4. The van der Waals surface area contributed by atoms with E-state index in [4.69, 9.17) is 9.47 Å². The predicted molar refractivity (Wildman–Crippen MR) is 103 cm³/mol. The first-order valence-electron chi connectivity index (χ1n) is 11.2. The van der Waals surface area contributed by atoms with Gasteiger partial charge in [-0.15, -0.1) is 0 Å². The lowest BCUT2D eigenvalue weighted by Crippen LogP contribution is -2.53. The van der Waals surface area contributed by atoms with E-state index in [2.05, 4.69) is 13.8 Å². The van der Waals surface area contributed by atoms with Gasteiger partial charge in [-0.2, -0.15) is 0 Å². The third-order valence-corrected chi connectivity index (χ3v) is 9.14. The maximum Gasteiger partial charge on any atom is 0.302 e. The standard InChI is InChI=1S/C23H38O3/c1-16(24)25-13-14-26-18-8-12-23(3)17(15-18)6-7-19-20-5-4-10-22(20,2)11-9-21(19)23/h17-21H,4-15H2,1-3H3/t17-,18+,19+,20-,21+,22-,23-/m0/s1.